The van der Waals surface area contributed by atoms with Crippen molar-refractivity contribution in [2.24, 2.45) is 0 Å². The lowest BCUT2D eigenvalue weighted by molar-refractivity contribution is -0.137. The van der Waals surface area contributed by atoms with Gasteiger partial charge in [-0.1, -0.05) is 12.1 Å². The molecule has 1 aromatic carbocycles. The fourth-order valence-electron chi connectivity index (χ4n) is 2.62. The molecule has 28 heavy (non-hydrogen) atoms. The molecule has 0 saturated heterocycles. The zero-order chi connectivity index (χ0) is 21.1. The van der Waals surface area contributed by atoms with Crippen LogP contribution in [0.2, 0.25) is 0 Å². The maximum atomic E-state index is 12.7. The Morgan fingerprint density at radius 2 is 1.75 bits per heavy atom. The first-order valence-electron chi connectivity index (χ1n) is 8.30. The first-order valence-corrected chi connectivity index (χ1v) is 8.30. The van der Waals surface area contributed by atoms with Crippen LogP contribution in [0.1, 0.15) is 54.9 Å². The van der Waals surface area contributed by atoms with Crippen LogP contribution >= 0.6 is 0 Å². The SMILES string of the molecule is CCOC(=O)c1[nH]c(C)c(C(=O)OCC(=O)c2cccc(C(F)(F)F)c2)c1C. The second kappa shape index (κ2) is 8.28. The van der Waals surface area contributed by atoms with Crippen LogP contribution in [0.5, 0.6) is 0 Å². The number of ketones is 1. The molecule has 0 unspecified atom stereocenters. The number of aryl methyl sites for hydroxylation is 1. The van der Waals surface area contributed by atoms with Crippen LogP contribution in [0, 0.1) is 13.8 Å². The average molecular weight is 397 g/mol. The number of esters is 2. The van der Waals surface area contributed by atoms with Crippen molar-refractivity contribution in [1.82, 2.24) is 4.98 Å². The van der Waals surface area contributed by atoms with E-state index in [1.807, 2.05) is 0 Å². The molecule has 0 radical (unpaired) electrons. The molecule has 0 fully saturated rings. The molecule has 0 amide bonds. The molecular weight excluding hydrogens is 379 g/mol. The maximum absolute atomic E-state index is 12.7. The van der Waals surface area contributed by atoms with Gasteiger partial charge in [-0.3, -0.25) is 4.79 Å². The van der Waals surface area contributed by atoms with Crippen molar-refractivity contribution in [3.05, 3.63) is 57.9 Å². The minimum atomic E-state index is -4.59. The molecule has 0 aliphatic carbocycles. The number of alkyl halides is 3. The van der Waals surface area contributed by atoms with E-state index in [-0.39, 0.29) is 23.4 Å². The van der Waals surface area contributed by atoms with Gasteiger partial charge in [0.2, 0.25) is 0 Å². The summed E-state index contributed by atoms with van der Waals surface area (Å²) in [4.78, 5) is 39.0. The minimum Gasteiger partial charge on any atom is -0.461 e. The highest BCUT2D eigenvalue weighted by atomic mass is 19.4. The smallest absolute Gasteiger partial charge is 0.416 e. The van der Waals surface area contributed by atoms with E-state index in [1.54, 1.807) is 13.8 Å². The van der Waals surface area contributed by atoms with E-state index in [4.69, 9.17) is 9.47 Å². The van der Waals surface area contributed by atoms with E-state index in [1.165, 1.54) is 13.0 Å². The van der Waals surface area contributed by atoms with Crippen LogP contribution in [0.4, 0.5) is 13.2 Å². The monoisotopic (exact) mass is 397 g/mol. The van der Waals surface area contributed by atoms with Crippen molar-refractivity contribution >= 4 is 17.7 Å². The summed E-state index contributed by atoms with van der Waals surface area (Å²) in [6.07, 6.45) is -4.59. The number of nitrogens with one attached hydrogen (secondary N) is 1. The molecule has 0 saturated carbocycles. The number of hydrogen-bond donors (Lipinski definition) is 1. The van der Waals surface area contributed by atoms with Crippen LogP contribution in [-0.4, -0.2) is 35.9 Å². The average Bonchev–Trinajstić information content (AvgIpc) is 2.93. The van der Waals surface area contributed by atoms with Crippen molar-refractivity contribution in [2.75, 3.05) is 13.2 Å². The molecule has 1 aromatic heterocycles. The van der Waals surface area contributed by atoms with Crippen LogP contribution in [-0.2, 0) is 15.7 Å². The van der Waals surface area contributed by atoms with Gasteiger partial charge in [-0.2, -0.15) is 13.2 Å². The normalized spacial score (nSPS) is 11.2. The van der Waals surface area contributed by atoms with Gasteiger partial charge < -0.3 is 14.5 Å². The van der Waals surface area contributed by atoms with E-state index >= 15 is 0 Å². The summed E-state index contributed by atoms with van der Waals surface area (Å²) < 4.78 is 48.0. The molecule has 1 N–H and O–H groups in total. The van der Waals surface area contributed by atoms with Gasteiger partial charge in [-0.05, 0) is 38.5 Å². The van der Waals surface area contributed by atoms with Gasteiger partial charge in [0.05, 0.1) is 17.7 Å². The van der Waals surface area contributed by atoms with Crippen LogP contribution in [0.25, 0.3) is 0 Å². The molecule has 0 spiro atoms. The van der Waals surface area contributed by atoms with Crippen molar-refractivity contribution < 1.29 is 37.0 Å². The standard InChI is InChI=1S/C19H18F3NO5/c1-4-27-18(26)16-10(2)15(11(3)23-16)17(25)28-9-14(24)12-6-5-7-13(8-12)19(20,21)22/h5-8,23H,4,9H2,1-3H3. The summed E-state index contributed by atoms with van der Waals surface area (Å²) in [6, 6.07) is 3.84. The fraction of sp³-hybridized carbons (Fsp3) is 0.316. The Morgan fingerprint density at radius 1 is 1.07 bits per heavy atom. The van der Waals surface area contributed by atoms with Gasteiger partial charge >= 0.3 is 18.1 Å². The molecule has 0 aliphatic heterocycles. The highest BCUT2D eigenvalue weighted by Gasteiger charge is 2.31. The van der Waals surface area contributed by atoms with Crippen molar-refractivity contribution in [1.29, 1.82) is 0 Å². The number of hydrogen-bond acceptors (Lipinski definition) is 5. The highest BCUT2D eigenvalue weighted by molar-refractivity contribution is 6.01. The second-order valence-electron chi connectivity index (χ2n) is 5.92. The summed E-state index contributed by atoms with van der Waals surface area (Å²) in [5, 5.41) is 0. The molecule has 0 bridgehead atoms. The number of aromatic amines is 1. The zero-order valence-corrected chi connectivity index (χ0v) is 15.4. The number of rotatable bonds is 6. The van der Waals surface area contributed by atoms with Gasteiger partial charge in [0.25, 0.3) is 0 Å². The number of carbonyl (C=O) groups is 3. The summed E-state index contributed by atoms with van der Waals surface area (Å²) in [5.74, 6) is -2.29. The lowest BCUT2D eigenvalue weighted by Crippen LogP contribution is -2.16. The molecule has 0 aliphatic rings. The molecule has 2 rings (SSSR count). The Balaban J connectivity index is 2.13. The van der Waals surface area contributed by atoms with Crippen LogP contribution in [0.3, 0.4) is 0 Å². The Kier molecular flexibility index (Phi) is 6.27. The first-order chi connectivity index (χ1) is 13.1. The van der Waals surface area contributed by atoms with Crippen molar-refractivity contribution in [2.45, 2.75) is 26.9 Å². The van der Waals surface area contributed by atoms with Crippen molar-refractivity contribution in [3.8, 4) is 0 Å². The van der Waals surface area contributed by atoms with E-state index in [0.717, 1.165) is 12.1 Å². The number of Topliss-reactive ketones (excluding diaryl/α,β-unsaturated/α-hetero) is 1. The summed E-state index contributed by atoms with van der Waals surface area (Å²) in [7, 11) is 0. The topological polar surface area (TPSA) is 85.5 Å². The number of H-pyrrole nitrogens is 1. The second-order valence-corrected chi connectivity index (χ2v) is 5.92. The minimum absolute atomic E-state index is 0.0693. The molecule has 2 aromatic rings. The molecule has 6 nitrogen and oxygen atoms in total. The summed E-state index contributed by atoms with van der Waals surface area (Å²) in [6.45, 7) is 4.11. The van der Waals surface area contributed by atoms with Gasteiger partial charge in [-0.25, -0.2) is 9.59 Å². The number of ether oxygens (including phenoxy) is 2. The summed E-state index contributed by atoms with van der Waals surface area (Å²) in [5.41, 5.74) is -0.390. The lowest BCUT2D eigenvalue weighted by atomic mass is 10.1. The molecule has 0 atom stereocenters. The zero-order valence-electron chi connectivity index (χ0n) is 15.4. The van der Waals surface area contributed by atoms with Gasteiger partial charge in [0.15, 0.2) is 12.4 Å². The summed E-state index contributed by atoms with van der Waals surface area (Å²) >= 11 is 0. The van der Waals surface area contributed by atoms with Crippen LogP contribution in [0.15, 0.2) is 24.3 Å². The predicted molar refractivity (Wildman–Crippen MR) is 92.3 cm³/mol. The number of aromatic nitrogens is 1. The van der Waals surface area contributed by atoms with E-state index in [9.17, 15) is 27.6 Å². The van der Waals surface area contributed by atoms with Crippen LogP contribution < -0.4 is 0 Å². The Morgan fingerprint density at radius 3 is 2.36 bits per heavy atom. The Hall–Kier alpha value is -3.10. The third kappa shape index (κ3) is 4.59. The van der Waals surface area contributed by atoms with Gasteiger partial charge in [0, 0.05) is 11.3 Å². The maximum Gasteiger partial charge on any atom is 0.416 e. The molecular formula is C19H18F3NO5. The van der Waals surface area contributed by atoms with E-state index in [2.05, 4.69) is 4.98 Å². The van der Waals surface area contributed by atoms with E-state index < -0.39 is 36.1 Å². The number of benzene rings is 1. The van der Waals surface area contributed by atoms with Gasteiger partial charge in [-0.15, -0.1) is 0 Å². The quantitative estimate of drug-likeness (QED) is 0.591. The lowest BCUT2D eigenvalue weighted by Gasteiger charge is -2.09. The number of halogens is 3. The molecule has 150 valence electrons. The Bertz CT molecular complexity index is 915. The molecule has 9 heteroatoms. The Labute approximate surface area is 158 Å². The van der Waals surface area contributed by atoms with Crippen molar-refractivity contribution in [3.63, 3.8) is 0 Å². The third-order valence-corrected chi connectivity index (χ3v) is 3.97. The number of carbonyl (C=O) groups excluding carboxylic acids is 3. The van der Waals surface area contributed by atoms with Gasteiger partial charge in [0.1, 0.15) is 5.69 Å². The largest absolute Gasteiger partial charge is 0.461 e. The first kappa shape index (κ1) is 21.2. The fourth-order valence-corrected chi connectivity index (χ4v) is 2.62. The van der Waals surface area contributed by atoms with E-state index in [0.29, 0.717) is 17.3 Å². The molecule has 1 heterocycles. The predicted octanol–water partition coefficient (Wildman–Crippen LogP) is 3.87. The third-order valence-electron chi connectivity index (χ3n) is 3.97. The highest BCUT2D eigenvalue weighted by Crippen LogP contribution is 2.29.